The molecular weight excluding hydrogens is 210 g/mol. The second-order valence-electron chi connectivity index (χ2n) is 5.40. The largest absolute Gasteiger partial charge is 0.364 e. The molecule has 0 spiro atoms. The highest BCUT2D eigenvalue weighted by molar-refractivity contribution is 5.03. The quantitative estimate of drug-likeness (QED) is 0.820. The zero-order valence-corrected chi connectivity index (χ0v) is 11.1. The van der Waals surface area contributed by atoms with Gasteiger partial charge in [-0.3, -0.25) is 0 Å². The van der Waals surface area contributed by atoms with Crippen LogP contribution in [0.2, 0.25) is 0 Å². The van der Waals surface area contributed by atoms with Gasteiger partial charge in [-0.25, -0.2) is 0 Å². The highest BCUT2D eigenvalue weighted by atomic mass is 15.1. The molecule has 1 fully saturated rings. The lowest BCUT2D eigenvalue weighted by molar-refractivity contribution is 0.210. The predicted molar refractivity (Wildman–Crippen MR) is 71.9 cm³/mol. The molecule has 1 saturated carbocycles. The van der Waals surface area contributed by atoms with E-state index in [1.807, 2.05) is 6.20 Å². The first-order chi connectivity index (χ1) is 8.28. The van der Waals surface area contributed by atoms with E-state index in [0.29, 0.717) is 0 Å². The zero-order valence-electron chi connectivity index (χ0n) is 11.1. The maximum atomic E-state index is 3.40. The molecule has 1 aliphatic carbocycles. The molecule has 0 atom stereocenters. The van der Waals surface area contributed by atoms with E-state index in [2.05, 4.69) is 41.4 Å². The van der Waals surface area contributed by atoms with E-state index < -0.39 is 0 Å². The van der Waals surface area contributed by atoms with Gasteiger partial charge in [-0.1, -0.05) is 0 Å². The Bertz CT molecular complexity index is 299. The molecule has 0 aliphatic heterocycles. The van der Waals surface area contributed by atoms with Crippen LogP contribution in [0.3, 0.4) is 0 Å². The lowest BCUT2D eigenvalue weighted by Gasteiger charge is -2.31. The van der Waals surface area contributed by atoms with Crippen molar-refractivity contribution in [1.29, 1.82) is 0 Å². The molecule has 0 saturated heterocycles. The second-order valence-corrected chi connectivity index (χ2v) is 5.40. The Morgan fingerprint density at radius 2 is 2.12 bits per heavy atom. The van der Waals surface area contributed by atoms with Gasteiger partial charge in [0.25, 0.3) is 0 Å². The van der Waals surface area contributed by atoms with Crippen LogP contribution in [-0.2, 0) is 6.54 Å². The summed E-state index contributed by atoms with van der Waals surface area (Å²) in [5.41, 5.74) is 1.32. The number of hydrogen-bond acceptors (Lipinski definition) is 2. The fraction of sp³-hybridized carbons (Fsp3) is 0.714. The molecular formula is C14H25N3. The van der Waals surface area contributed by atoms with Gasteiger partial charge >= 0.3 is 0 Å². The highest BCUT2D eigenvalue weighted by Crippen LogP contribution is 2.24. The minimum atomic E-state index is 0.764. The molecule has 2 rings (SSSR count). The fourth-order valence-corrected chi connectivity index (χ4v) is 2.90. The Morgan fingerprint density at radius 1 is 1.35 bits per heavy atom. The third-order valence-corrected chi connectivity index (χ3v) is 3.93. The summed E-state index contributed by atoms with van der Waals surface area (Å²) in [5.74, 6) is 0.888. The van der Waals surface area contributed by atoms with E-state index in [0.717, 1.165) is 18.5 Å². The normalized spacial score (nSPS) is 25.4. The maximum absolute atomic E-state index is 3.40. The molecule has 1 aliphatic rings. The van der Waals surface area contributed by atoms with Crippen molar-refractivity contribution in [2.45, 2.75) is 38.3 Å². The minimum Gasteiger partial charge on any atom is -0.364 e. The first kappa shape index (κ1) is 12.7. The number of hydrogen-bond donors (Lipinski definition) is 2. The fourth-order valence-electron chi connectivity index (χ4n) is 2.90. The molecule has 3 heteroatoms. The Kier molecular flexibility index (Phi) is 4.63. The Labute approximate surface area is 105 Å². The lowest BCUT2D eigenvalue weighted by atomic mass is 9.86. The summed E-state index contributed by atoms with van der Waals surface area (Å²) in [7, 11) is 4.31. The van der Waals surface area contributed by atoms with Crippen molar-refractivity contribution in [3.05, 3.63) is 24.0 Å². The minimum absolute atomic E-state index is 0.764. The topological polar surface area (TPSA) is 31.1 Å². The van der Waals surface area contributed by atoms with Crippen molar-refractivity contribution < 1.29 is 0 Å². The molecule has 0 aromatic carbocycles. The van der Waals surface area contributed by atoms with Gasteiger partial charge in [0.1, 0.15) is 0 Å². The van der Waals surface area contributed by atoms with Crippen molar-refractivity contribution in [3.8, 4) is 0 Å². The van der Waals surface area contributed by atoms with Gasteiger partial charge in [0.15, 0.2) is 0 Å². The monoisotopic (exact) mass is 235 g/mol. The summed E-state index contributed by atoms with van der Waals surface area (Å²) < 4.78 is 0. The summed E-state index contributed by atoms with van der Waals surface area (Å²) in [6.45, 7) is 2.27. The van der Waals surface area contributed by atoms with Gasteiger partial charge < -0.3 is 15.2 Å². The first-order valence-corrected chi connectivity index (χ1v) is 6.76. The molecule has 0 amide bonds. The van der Waals surface area contributed by atoms with Crippen LogP contribution in [0.1, 0.15) is 31.4 Å². The van der Waals surface area contributed by atoms with Crippen LogP contribution >= 0.6 is 0 Å². The Hall–Kier alpha value is -0.800. The van der Waals surface area contributed by atoms with Crippen LogP contribution in [0.15, 0.2) is 18.3 Å². The first-order valence-electron chi connectivity index (χ1n) is 6.76. The van der Waals surface area contributed by atoms with E-state index >= 15 is 0 Å². The van der Waals surface area contributed by atoms with Crippen molar-refractivity contribution >= 4 is 0 Å². The molecule has 1 aromatic heterocycles. The lowest BCUT2D eigenvalue weighted by Crippen LogP contribution is -2.34. The number of H-pyrrole nitrogens is 1. The van der Waals surface area contributed by atoms with Crippen molar-refractivity contribution in [3.63, 3.8) is 0 Å². The van der Waals surface area contributed by atoms with Gasteiger partial charge in [0.05, 0.1) is 0 Å². The summed E-state index contributed by atoms with van der Waals surface area (Å²) in [6, 6.07) is 5.00. The average molecular weight is 235 g/mol. The third kappa shape index (κ3) is 3.86. The third-order valence-electron chi connectivity index (χ3n) is 3.93. The summed E-state index contributed by atoms with van der Waals surface area (Å²) >= 11 is 0. The van der Waals surface area contributed by atoms with Crippen LogP contribution in [0.5, 0.6) is 0 Å². The van der Waals surface area contributed by atoms with Crippen molar-refractivity contribution in [1.82, 2.24) is 15.2 Å². The molecule has 0 unspecified atom stereocenters. The SMILES string of the molecule is CNC1CCC(CN(C)Cc2ccc[nH]2)CC1. The highest BCUT2D eigenvalue weighted by Gasteiger charge is 2.20. The molecule has 3 nitrogen and oxygen atoms in total. The number of nitrogens with one attached hydrogen (secondary N) is 2. The van der Waals surface area contributed by atoms with Crippen molar-refractivity contribution in [2.75, 3.05) is 20.6 Å². The van der Waals surface area contributed by atoms with E-state index in [1.165, 1.54) is 37.9 Å². The molecule has 96 valence electrons. The van der Waals surface area contributed by atoms with Crippen LogP contribution < -0.4 is 5.32 Å². The van der Waals surface area contributed by atoms with Crippen LogP contribution in [0, 0.1) is 5.92 Å². The summed E-state index contributed by atoms with van der Waals surface area (Å²) in [6.07, 6.45) is 7.44. The van der Waals surface area contributed by atoms with E-state index in [9.17, 15) is 0 Å². The summed E-state index contributed by atoms with van der Waals surface area (Å²) in [4.78, 5) is 5.71. The molecule has 2 N–H and O–H groups in total. The number of aromatic nitrogens is 1. The van der Waals surface area contributed by atoms with E-state index in [1.54, 1.807) is 0 Å². The number of aromatic amines is 1. The molecule has 1 aromatic rings. The average Bonchev–Trinajstić information content (AvgIpc) is 2.82. The van der Waals surface area contributed by atoms with Crippen LogP contribution in [0.4, 0.5) is 0 Å². The number of nitrogens with zero attached hydrogens (tertiary/aromatic N) is 1. The van der Waals surface area contributed by atoms with Gasteiger partial charge in [0.2, 0.25) is 0 Å². The predicted octanol–water partition coefficient (Wildman–Crippen LogP) is 2.22. The van der Waals surface area contributed by atoms with E-state index in [-0.39, 0.29) is 0 Å². The molecule has 1 heterocycles. The Morgan fingerprint density at radius 3 is 2.71 bits per heavy atom. The van der Waals surface area contributed by atoms with Crippen LogP contribution in [-0.4, -0.2) is 36.6 Å². The van der Waals surface area contributed by atoms with Gasteiger partial charge in [-0.2, -0.15) is 0 Å². The zero-order chi connectivity index (χ0) is 12.1. The number of rotatable bonds is 5. The molecule has 0 radical (unpaired) electrons. The summed E-state index contributed by atoms with van der Waals surface area (Å²) in [5, 5.41) is 3.40. The van der Waals surface area contributed by atoms with Gasteiger partial charge in [-0.15, -0.1) is 0 Å². The van der Waals surface area contributed by atoms with Crippen LogP contribution in [0.25, 0.3) is 0 Å². The molecule has 17 heavy (non-hydrogen) atoms. The van der Waals surface area contributed by atoms with Gasteiger partial charge in [-0.05, 0) is 57.8 Å². The van der Waals surface area contributed by atoms with Gasteiger partial charge in [0, 0.05) is 31.0 Å². The second kappa shape index (κ2) is 6.22. The maximum Gasteiger partial charge on any atom is 0.0382 e. The standard InChI is InChI=1S/C14H25N3/c1-15-13-7-5-12(6-8-13)10-17(2)11-14-4-3-9-16-14/h3-4,9,12-13,15-16H,5-8,10-11H2,1-2H3. The Balaban J connectivity index is 1.70. The smallest absolute Gasteiger partial charge is 0.0382 e. The molecule has 0 bridgehead atoms. The van der Waals surface area contributed by atoms with Crippen molar-refractivity contribution in [2.24, 2.45) is 5.92 Å². The van der Waals surface area contributed by atoms with E-state index in [4.69, 9.17) is 0 Å².